The maximum absolute atomic E-state index is 14.6. The van der Waals surface area contributed by atoms with Crippen LogP contribution in [-0.2, 0) is 9.54 Å². The Morgan fingerprint density at radius 1 is 1.12 bits per heavy atom. The molecule has 1 aromatic heterocycles. The smallest absolute Gasteiger partial charge is 0.412 e. The first-order valence-electron chi connectivity index (χ1n) is 12.6. The number of benzene rings is 2. The van der Waals surface area contributed by atoms with Crippen LogP contribution in [0.5, 0.6) is 17.2 Å². The van der Waals surface area contributed by atoms with Crippen molar-refractivity contribution in [3.63, 3.8) is 0 Å². The van der Waals surface area contributed by atoms with Crippen molar-refractivity contribution in [2.75, 3.05) is 34.4 Å². The third-order valence-corrected chi connectivity index (χ3v) is 8.06. The lowest BCUT2D eigenvalue weighted by molar-refractivity contribution is -0.162. The molecule has 2 N–H and O–H groups in total. The number of hydrogen-bond acceptors (Lipinski definition) is 8. The molecule has 0 spiro atoms. The molecule has 2 aromatic carbocycles. The third-order valence-electron chi connectivity index (χ3n) is 6.87. The van der Waals surface area contributed by atoms with Gasteiger partial charge in [0.05, 0.1) is 24.9 Å². The fourth-order valence-corrected chi connectivity index (χ4v) is 5.05. The van der Waals surface area contributed by atoms with Crippen LogP contribution in [0.1, 0.15) is 22.5 Å². The fourth-order valence-electron chi connectivity index (χ4n) is 4.42. The normalized spacial score (nSPS) is 16.5. The number of hydrogen-bond donors (Lipinski definition) is 2. The van der Waals surface area contributed by atoms with Crippen LogP contribution in [-0.4, -0.2) is 72.9 Å². The van der Waals surface area contributed by atoms with E-state index in [9.17, 15) is 31.7 Å². The highest BCUT2D eigenvalue weighted by molar-refractivity contribution is 7.94. The largest absolute Gasteiger partial charge is 0.494 e. The van der Waals surface area contributed by atoms with Crippen LogP contribution < -0.4 is 19.5 Å². The van der Waals surface area contributed by atoms with E-state index < -0.39 is 53.0 Å². The standard InChI is InChI=1S/C28H26ClF4N3O6S/c1-36-11-10-21(26(36)38)42-19-7-5-16(13-22(19)41-3)25(37)34-14-27(43-39,28(31,32)33)23-9-8-20(40-2)24(35-23)15-4-6-18(30)17(29)12-15/h4-9,12-13,21,39H,10-11,14H2,1-3H3,(H,34,37). The van der Waals surface area contributed by atoms with Crippen LogP contribution >= 0.6 is 23.6 Å². The number of methoxy groups -OCH3 is 2. The fraction of sp³-hybridized carbons (Fsp3) is 0.321. The van der Waals surface area contributed by atoms with Gasteiger partial charge in [-0.15, -0.1) is 0 Å². The van der Waals surface area contributed by atoms with Crippen LogP contribution in [0.15, 0.2) is 48.5 Å². The van der Waals surface area contributed by atoms with Crippen molar-refractivity contribution in [2.45, 2.75) is 23.4 Å². The lowest BCUT2D eigenvalue weighted by atomic mass is 10.0. The third kappa shape index (κ3) is 6.45. The number of rotatable bonds is 10. The van der Waals surface area contributed by atoms with Gasteiger partial charge in [-0.3, -0.25) is 9.59 Å². The summed E-state index contributed by atoms with van der Waals surface area (Å²) in [5.74, 6) is -1.54. The Morgan fingerprint density at radius 3 is 2.40 bits per heavy atom. The summed E-state index contributed by atoms with van der Waals surface area (Å²) in [5, 5.41) is 1.93. The number of nitrogens with zero attached hydrogens (tertiary/aromatic N) is 2. The van der Waals surface area contributed by atoms with Crippen molar-refractivity contribution >= 4 is 35.5 Å². The second kappa shape index (κ2) is 12.9. The molecule has 1 saturated heterocycles. The summed E-state index contributed by atoms with van der Waals surface area (Å²) >= 11 is 5.32. The van der Waals surface area contributed by atoms with E-state index in [1.807, 2.05) is 0 Å². The number of amides is 2. The highest BCUT2D eigenvalue weighted by Gasteiger charge is 2.59. The zero-order chi connectivity index (χ0) is 31.5. The number of pyridine rings is 1. The topological polar surface area (TPSA) is 110 Å². The minimum atomic E-state index is -5.12. The van der Waals surface area contributed by atoms with Gasteiger partial charge < -0.3 is 29.0 Å². The van der Waals surface area contributed by atoms with Crippen LogP contribution in [0.4, 0.5) is 17.6 Å². The number of ether oxygens (including phenoxy) is 3. The zero-order valence-electron chi connectivity index (χ0n) is 23.0. The molecule has 1 aliphatic rings. The average Bonchev–Trinajstić information content (AvgIpc) is 3.30. The summed E-state index contributed by atoms with van der Waals surface area (Å²) in [6.07, 6.45) is -5.40. The number of nitrogens with one attached hydrogen (secondary N) is 1. The first kappa shape index (κ1) is 32.2. The summed E-state index contributed by atoms with van der Waals surface area (Å²) in [6.45, 7) is -0.610. The molecule has 0 aliphatic carbocycles. The number of likely N-dealkylation sites (N-methyl/N-ethyl adjacent to an activating group) is 1. The predicted molar refractivity (Wildman–Crippen MR) is 151 cm³/mol. The van der Waals surface area contributed by atoms with Crippen molar-refractivity contribution in [3.05, 3.63) is 70.6 Å². The second-order valence-corrected chi connectivity index (χ2v) is 10.8. The van der Waals surface area contributed by atoms with Gasteiger partial charge in [0, 0.05) is 49.7 Å². The van der Waals surface area contributed by atoms with Gasteiger partial charge in [0.25, 0.3) is 11.8 Å². The van der Waals surface area contributed by atoms with Crippen molar-refractivity contribution in [1.82, 2.24) is 15.2 Å². The zero-order valence-corrected chi connectivity index (χ0v) is 24.6. The van der Waals surface area contributed by atoms with Gasteiger partial charge in [0.15, 0.2) is 22.4 Å². The lowest BCUT2D eigenvalue weighted by Gasteiger charge is -2.32. The quantitative estimate of drug-likeness (QED) is 0.218. The maximum atomic E-state index is 14.6. The first-order chi connectivity index (χ1) is 20.3. The van der Waals surface area contributed by atoms with Crippen LogP contribution in [0.3, 0.4) is 0 Å². The van der Waals surface area contributed by atoms with Crippen molar-refractivity contribution < 1.29 is 45.9 Å². The van der Waals surface area contributed by atoms with E-state index in [-0.39, 0.29) is 45.0 Å². The molecule has 230 valence electrons. The minimum absolute atomic E-state index is 0.0647. The molecule has 9 nitrogen and oxygen atoms in total. The first-order valence-corrected chi connectivity index (χ1v) is 13.8. The molecule has 4 rings (SSSR count). The molecule has 1 aliphatic heterocycles. The van der Waals surface area contributed by atoms with Gasteiger partial charge >= 0.3 is 6.18 Å². The van der Waals surface area contributed by atoms with Gasteiger partial charge in [-0.2, -0.15) is 13.2 Å². The second-order valence-electron chi connectivity index (χ2n) is 9.50. The van der Waals surface area contributed by atoms with Gasteiger partial charge in [-0.1, -0.05) is 11.6 Å². The van der Waals surface area contributed by atoms with Crippen LogP contribution in [0.25, 0.3) is 11.3 Å². The Labute approximate surface area is 253 Å². The van der Waals surface area contributed by atoms with Crippen molar-refractivity contribution in [1.29, 1.82) is 0 Å². The molecule has 2 atom stereocenters. The Bertz CT molecular complexity index is 1530. The molecule has 1 fully saturated rings. The average molecular weight is 644 g/mol. The van der Waals surface area contributed by atoms with E-state index in [0.29, 0.717) is 13.0 Å². The molecular weight excluding hydrogens is 618 g/mol. The maximum Gasteiger partial charge on any atom is 0.412 e. The highest BCUT2D eigenvalue weighted by atomic mass is 35.5. The summed E-state index contributed by atoms with van der Waals surface area (Å²) in [6, 6.07) is 9.63. The monoisotopic (exact) mass is 643 g/mol. The van der Waals surface area contributed by atoms with Gasteiger partial charge in [0.2, 0.25) is 0 Å². The molecule has 0 saturated carbocycles. The van der Waals surface area contributed by atoms with E-state index in [0.717, 1.165) is 12.1 Å². The summed E-state index contributed by atoms with van der Waals surface area (Å²) in [5.41, 5.74) is -0.657. The number of halogens is 5. The molecule has 0 bridgehead atoms. The predicted octanol–water partition coefficient (Wildman–Crippen LogP) is 5.56. The van der Waals surface area contributed by atoms with Gasteiger partial charge in [-0.05, 0) is 48.5 Å². The molecule has 15 heteroatoms. The van der Waals surface area contributed by atoms with Crippen molar-refractivity contribution in [3.8, 4) is 28.5 Å². The molecule has 0 radical (unpaired) electrons. The van der Waals surface area contributed by atoms with Gasteiger partial charge in [-0.25, -0.2) is 9.37 Å². The molecule has 2 unspecified atom stereocenters. The number of aromatic nitrogens is 1. The minimum Gasteiger partial charge on any atom is -0.494 e. The number of likely N-dealkylation sites (tertiary alicyclic amines) is 1. The number of alkyl halides is 3. The van der Waals surface area contributed by atoms with E-state index in [4.69, 9.17) is 25.8 Å². The van der Waals surface area contributed by atoms with Crippen LogP contribution in [0, 0.1) is 5.82 Å². The van der Waals surface area contributed by atoms with E-state index in [1.54, 1.807) is 7.05 Å². The summed E-state index contributed by atoms with van der Waals surface area (Å²) in [7, 11) is 4.23. The number of carbonyl (C=O) groups is 2. The molecule has 2 amide bonds. The molecule has 2 heterocycles. The molecular formula is C28H26ClF4N3O6S. The lowest BCUT2D eigenvalue weighted by Crippen LogP contribution is -2.49. The molecule has 3 aromatic rings. The van der Waals surface area contributed by atoms with E-state index in [2.05, 4.69) is 10.3 Å². The van der Waals surface area contributed by atoms with Crippen molar-refractivity contribution in [2.24, 2.45) is 0 Å². The highest BCUT2D eigenvalue weighted by Crippen LogP contribution is 2.48. The Morgan fingerprint density at radius 2 is 1.81 bits per heavy atom. The van der Waals surface area contributed by atoms with E-state index in [1.165, 1.54) is 55.5 Å². The Kier molecular flexibility index (Phi) is 9.62. The van der Waals surface area contributed by atoms with E-state index >= 15 is 0 Å². The summed E-state index contributed by atoms with van der Waals surface area (Å²) in [4.78, 5) is 30.9. The molecule has 43 heavy (non-hydrogen) atoms. The number of carbonyl (C=O) groups excluding carboxylic acids is 2. The SMILES string of the molecule is COc1cc(C(=O)NCC(SO)(c2ccc(OC)c(-c3ccc(F)c(Cl)c3)n2)C(F)(F)F)ccc1OC1CCN(C)C1=O. The Hall–Kier alpha value is -3.75. The Balaban J connectivity index is 1.63. The summed E-state index contributed by atoms with van der Waals surface area (Å²) < 4.78 is 80.8. The van der Waals surface area contributed by atoms with Gasteiger partial charge in [0.1, 0.15) is 17.3 Å². The van der Waals surface area contributed by atoms with Crippen LogP contribution in [0.2, 0.25) is 5.02 Å².